The van der Waals surface area contributed by atoms with Gasteiger partial charge in [0.2, 0.25) is 5.91 Å². The van der Waals surface area contributed by atoms with E-state index >= 15 is 0 Å². The van der Waals surface area contributed by atoms with Gasteiger partial charge in [-0.3, -0.25) is 14.9 Å². The van der Waals surface area contributed by atoms with Crippen LogP contribution in [0.25, 0.3) is 0 Å². The maximum Gasteiger partial charge on any atom is 0.320 e. The van der Waals surface area contributed by atoms with Crippen LogP contribution in [-0.4, -0.2) is 49.2 Å². The molecule has 1 aliphatic heterocycles. The van der Waals surface area contributed by atoms with Gasteiger partial charge in [-0.15, -0.1) is 0 Å². The lowest BCUT2D eigenvalue weighted by Gasteiger charge is -2.20. The molecule has 0 radical (unpaired) electrons. The molecular weight excluding hydrogens is 318 g/mol. The van der Waals surface area contributed by atoms with Crippen LogP contribution in [0.5, 0.6) is 0 Å². The molecule has 25 heavy (non-hydrogen) atoms. The summed E-state index contributed by atoms with van der Waals surface area (Å²) in [6.45, 7) is 6.42. The highest BCUT2D eigenvalue weighted by Crippen LogP contribution is 2.22. The van der Waals surface area contributed by atoms with Crippen molar-refractivity contribution in [2.24, 2.45) is 11.8 Å². The number of hydrogen-bond donors (Lipinski definition) is 3. The maximum absolute atomic E-state index is 12.0. The molecule has 0 saturated carbocycles. The summed E-state index contributed by atoms with van der Waals surface area (Å²) < 4.78 is 0. The van der Waals surface area contributed by atoms with Crippen molar-refractivity contribution in [3.05, 3.63) is 30.3 Å². The normalized spacial score (nSPS) is 19.4. The lowest BCUT2D eigenvalue weighted by molar-refractivity contribution is -0.140. The van der Waals surface area contributed by atoms with Crippen molar-refractivity contribution in [1.29, 1.82) is 0 Å². The van der Waals surface area contributed by atoms with E-state index in [0.717, 1.165) is 25.9 Å². The fourth-order valence-corrected chi connectivity index (χ4v) is 3.16. The van der Waals surface area contributed by atoms with E-state index in [4.69, 9.17) is 0 Å². The van der Waals surface area contributed by atoms with Gasteiger partial charge in [0.05, 0.1) is 6.54 Å². The minimum Gasteiger partial charge on any atom is -0.480 e. The first-order chi connectivity index (χ1) is 12.0. The van der Waals surface area contributed by atoms with Crippen molar-refractivity contribution < 1.29 is 14.7 Å². The summed E-state index contributed by atoms with van der Waals surface area (Å²) in [4.78, 5) is 25.6. The van der Waals surface area contributed by atoms with E-state index in [2.05, 4.69) is 27.7 Å². The molecule has 6 heteroatoms. The monoisotopic (exact) mass is 347 g/mol. The second kappa shape index (κ2) is 9.42. The minimum atomic E-state index is -0.906. The van der Waals surface area contributed by atoms with Crippen LogP contribution in [0.15, 0.2) is 30.3 Å². The summed E-state index contributed by atoms with van der Waals surface area (Å²) in [7, 11) is 0. The third kappa shape index (κ3) is 5.74. The van der Waals surface area contributed by atoms with Crippen molar-refractivity contribution in [2.45, 2.75) is 32.7 Å². The van der Waals surface area contributed by atoms with E-state index in [9.17, 15) is 14.7 Å². The lowest BCUT2D eigenvalue weighted by Crippen LogP contribution is -2.47. The zero-order valence-electron chi connectivity index (χ0n) is 15.1. The third-order valence-corrected chi connectivity index (χ3v) is 4.96. The van der Waals surface area contributed by atoms with Gasteiger partial charge in [-0.25, -0.2) is 0 Å². The average molecular weight is 347 g/mol. The number of para-hydroxylation sites is 1. The second-order valence-electron chi connectivity index (χ2n) is 6.82. The van der Waals surface area contributed by atoms with Crippen LogP contribution in [0, 0.1) is 11.8 Å². The molecule has 1 saturated heterocycles. The number of carbonyl (C=O) groups is 2. The number of amides is 1. The fourth-order valence-electron chi connectivity index (χ4n) is 3.16. The fraction of sp³-hybridized carbons (Fsp3) is 0.579. The number of carboxylic acids is 1. The van der Waals surface area contributed by atoms with E-state index in [1.807, 2.05) is 32.0 Å². The molecule has 0 spiro atoms. The summed E-state index contributed by atoms with van der Waals surface area (Å²) in [5.41, 5.74) is 1.22. The Morgan fingerprint density at radius 2 is 2.04 bits per heavy atom. The first-order valence-electron chi connectivity index (χ1n) is 9.04. The van der Waals surface area contributed by atoms with Crippen LogP contribution in [0.1, 0.15) is 26.7 Å². The summed E-state index contributed by atoms with van der Waals surface area (Å²) >= 11 is 0. The number of carboxylic acid groups (broad SMARTS) is 1. The molecule has 1 aromatic rings. The maximum atomic E-state index is 12.0. The van der Waals surface area contributed by atoms with Crippen molar-refractivity contribution in [3.63, 3.8) is 0 Å². The van der Waals surface area contributed by atoms with Gasteiger partial charge in [0.25, 0.3) is 0 Å². The van der Waals surface area contributed by atoms with Crippen LogP contribution in [-0.2, 0) is 9.59 Å². The Balaban J connectivity index is 1.71. The third-order valence-electron chi connectivity index (χ3n) is 4.96. The standard InChI is InChI=1S/C19H29N3O3/c1-3-14(2)18(19(24)25)21-12-17(23)20-11-15-9-10-22(13-15)16-7-5-4-6-8-16/h4-8,14-15,18,21H,3,9-13H2,1-2H3,(H,20,23)(H,24,25)/t14-,15?,18-/m0/s1. The number of benzene rings is 1. The zero-order valence-corrected chi connectivity index (χ0v) is 15.1. The van der Waals surface area contributed by atoms with E-state index < -0.39 is 12.0 Å². The van der Waals surface area contributed by atoms with Crippen LogP contribution in [0.3, 0.4) is 0 Å². The molecule has 1 aliphatic rings. The molecular formula is C19H29N3O3. The molecule has 2 rings (SSSR count). The molecule has 1 amide bonds. The Bertz CT molecular complexity index is 564. The van der Waals surface area contributed by atoms with E-state index in [0.29, 0.717) is 12.5 Å². The van der Waals surface area contributed by atoms with E-state index in [-0.39, 0.29) is 18.4 Å². The highest BCUT2D eigenvalue weighted by molar-refractivity contribution is 5.80. The molecule has 0 aliphatic carbocycles. The highest BCUT2D eigenvalue weighted by atomic mass is 16.4. The Kier molecular flexibility index (Phi) is 7.25. The van der Waals surface area contributed by atoms with Crippen molar-refractivity contribution >= 4 is 17.6 Å². The van der Waals surface area contributed by atoms with E-state index in [1.165, 1.54) is 5.69 Å². The van der Waals surface area contributed by atoms with Gasteiger partial charge >= 0.3 is 5.97 Å². The van der Waals surface area contributed by atoms with Crippen LogP contribution >= 0.6 is 0 Å². The van der Waals surface area contributed by atoms with Crippen molar-refractivity contribution in [2.75, 3.05) is 31.1 Å². The summed E-state index contributed by atoms with van der Waals surface area (Å²) in [5.74, 6) is -0.641. The number of anilines is 1. The lowest BCUT2D eigenvalue weighted by atomic mass is 9.99. The Morgan fingerprint density at radius 1 is 1.32 bits per heavy atom. The molecule has 6 nitrogen and oxygen atoms in total. The van der Waals surface area contributed by atoms with Gasteiger partial charge in [0, 0.05) is 25.3 Å². The number of carbonyl (C=O) groups excluding carboxylic acids is 1. The average Bonchev–Trinajstić information content (AvgIpc) is 3.09. The van der Waals surface area contributed by atoms with E-state index in [1.54, 1.807) is 0 Å². The molecule has 138 valence electrons. The number of nitrogens with zero attached hydrogens (tertiary/aromatic N) is 1. The molecule has 0 bridgehead atoms. The summed E-state index contributed by atoms with van der Waals surface area (Å²) in [6, 6.07) is 9.60. The first-order valence-corrected chi connectivity index (χ1v) is 9.04. The minimum absolute atomic E-state index is 0.0143. The van der Waals surface area contributed by atoms with Crippen LogP contribution in [0.4, 0.5) is 5.69 Å². The topological polar surface area (TPSA) is 81.7 Å². The smallest absolute Gasteiger partial charge is 0.320 e. The van der Waals surface area contributed by atoms with Crippen molar-refractivity contribution in [3.8, 4) is 0 Å². The molecule has 0 aromatic heterocycles. The predicted octanol–water partition coefficient (Wildman–Crippen LogP) is 1.72. The number of aliphatic carboxylic acids is 1. The second-order valence-corrected chi connectivity index (χ2v) is 6.82. The van der Waals surface area contributed by atoms with Gasteiger partial charge in [0.15, 0.2) is 0 Å². The predicted molar refractivity (Wildman–Crippen MR) is 98.7 cm³/mol. The molecule has 1 aromatic carbocycles. The SMILES string of the molecule is CC[C@H](C)[C@H](NCC(=O)NCC1CCN(c2ccccc2)C1)C(=O)O. The van der Waals surface area contributed by atoms with Crippen LogP contribution in [0.2, 0.25) is 0 Å². The van der Waals surface area contributed by atoms with Gasteiger partial charge in [0.1, 0.15) is 6.04 Å². The van der Waals surface area contributed by atoms with Gasteiger partial charge < -0.3 is 15.3 Å². The molecule has 3 N–H and O–H groups in total. The number of nitrogens with one attached hydrogen (secondary N) is 2. The Hall–Kier alpha value is -2.08. The van der Waals surface area contributed by atoms with Crippen LogP contribution < -0.4 is 15.5 Å². The highest BCUT2D eigenvalue weighted by Gasteiger charge is 2.25. The molecule has 1 heterocycles. The van der Waals surface area contributed by atoms with Gasteiger partial charge in [-0.1, -0.05) is 38.5 Å². The van der Waals surface area contributed by atoms with Crippen molar-refractivity contribution in [1.82, 2.24) is 10.6 Å². The Labute approximate surface area is 149 Å². The van der Waals surface area contributed by atoms with Gasteiger partial charge in [-0.05, 0) is 30.4 Å². The first kappa shape index (κ1) is 19.2. The number of rotatable bonds is 9. The summed E-state index contributed by atoms with van der Waals surface area (Å²) in [6.07, 6.45) is 1.80. The molecule has 1 fully saturated rings. The zero-order chi connectivity index (χ0) is 18.2. The van der Waals surface area contributed by atoms with Gasteiger partial charge in [-0.2, -0.15) is 0 Å². The molecule has 3 atom stereocenters. The Morgan fingerprint density at radius 3 is 2.68 bits per heavy atom. The summed E-state index contributed by atoms with van der Waals surface area (Å²) in [5, 5.41) is 15.0. The molecule has 1 unspecified atom stereocenters. The number of hydrogen-bond acceptors (Lipinski definition) is 4. The largest absolute Gasteiger partial charge is 0.480 e. The quantitative estimate of drug-likeness (QED) is 0.634.